The van der Waals surface area contributed by atoms with Crippen molar-refractivity contribution in [3.63, 3.8) is 0 Å². The van der Waals surface area contributed by atoms with E-state index in [1.54, 1.807) is 25.3 Å². The number of nitrogens with two attached hydrogens (primary N) is 1. The third kappa shape index (κ3) is 5.60. The molecule has 8 heteroatoms. The maximum Gasteiger partial charge on any atom is 0.335 e. The van der Waals surface area contributed by atoms with E-state index in [4.69, 9.17) is 15.5 Å². The summed E-state index contributed by atoms with van der Waals surface area (Å²) in [4.78, 5) is 18.3. The van der Waals surface area contributed by atoms with Crippen molar-refractivity contribution in [1.29, 1.82) is 0 Å². The van der Waals surface area contributed by atoms with Crippen LogP contribution in [0.1, 0.15) is 21.5 Å². The molecule has 1 aromatic heterocycles. The van der Waals surface area contributed by atoms with Gasteiger partial charge in [-0.3, -0.25) is 0 Å². The first-order chi connectivity index (χ1) is 18.4. The molecule has 0 aliphatic heterocycles. The molecule has 0 spiro atoms. The number of aromatic nitrogens is 1. The normalized spacial score (nSPS) is 11.0. The zero-order valence-electron chi connectivity index (χ0n) is 20.7. The van der Waals surface area contributed by atoms with Crippen LogP contribution in [0.25, 0.3) is 21.3 Å². The van der Waals surface area contributed by atoms with Gasteiger partial charge in [0.1, 0.15) is 11.6 Å². The number of nitrogen functional groups attached to an aromatic ring is 1. The lowest BCUT2D eigenvalue weighted by atomic mass is 10.0. The van der Waals surface area contributed by atoms with Gasteiger partial charge in [0.2, 0.25) is 0 Å². The highest BCUT2D eigenvalue weighted by atomic mass is 32.1. The van der Waals surface area contributed by atoms with Gasteiger partial charge in [-0.05, 0) is 71.1 Å². The molecule has 0 radical (unpaired) electrons. The minimum Gasteiger partial charge on any atom is -0.497 e. The van der Waals surface area contributed by atoms with E-state index in [1.807, 2.05) is 54.6 Å². The largest absolute Gasteiger partial charge is 0.497 e. The van der Waals surface area contributed by atoms with Crippen molar-refractivity contribution >= 4 is 38.3 Å². The number of rotatable bonds is 9. The van der Waals surface area contributed by atoms with Gasteiger partial charge < -0.3 is 20.5 Å². The zero-order valence-corrected chi connectivity index (χ0v) is 21.5. The molecular weight excluding hydrogens is 501 g/mol. The number of benzene rings is 4. The molecule has 38 heavy (non-hydrogen) atoms. The molecule has 0 amide bonds. The van der Waals surface area contributed by atoms with Crippen LogP contribution in [0.2, 0.25) is 0 Å². The van der Waals surface area contributed by atoms with Crippen LogP contribution in [0.15, 0.2) is 84.9 Å². The smallest absolute Gasteiger partial charge is 0.335 e. The average molecular weight is 528 g/mol. The van der Waals surface area contributed by atoms with Gasteiger partial charge in [0.05, 0.1) is 22.9 Å². The number of methoxy groups -OCH3 is 1. The number of nitrogens with zero attached hydrogens (tertiary/aromatic N) is 2. The Hall–Kier alpha value is -4.43. The summed E-state index contributed by atoms with van der Waals surface area (Å²) in [6.07, 6.45) is 0.780. The maximum absolute atomic E-state index is 14.4. The third-order valence-electron chi connectivity index (χ3n) is 6.32. The number of carboxylic acid groups (broad SMARTS) is 1. The van der Waals surface area contributed by atoms with E-state index >= 15 is 0 Å². The topological polar surface area (TPSA) is 88.7 Å². The molecule has 0 aliphatic rings. The molecule has 0 unspecified atom stereocenters. The van der Waals surface area contributed by atoms with Crippen molar-refractivity contribution in [2.24, 2.45) is 0 Å². The Bertz CT molecular complexity index is 1580. The van der Waals surface area contributed by atoms with E-state index in [1.165, 1.54) is 23.5 Å². The summed E-state index contributed by atoms with van der Waals surface area (Å²) < 4.78 is 20.2. The monoisotopic (exact) mass is 527 g/mol. The number of aromatic carboxylic acids is 1. The lowest BCUT2D eigenvalue weighted by Crippen LogP contribution is -2.25. The van der Waals surface area contributed by atoms with Crippen LogP contribution < -0.4 is 15.4 Å². The van der Waals surface area contributed by atoms with E-state index in [2.05, 4.69) is 4.90 Å². The Morgan fingerprint density at radius 2 is 1.74 bits per heavy atom. The summed E-state index contributed by atoms with van der Waals surface area (Å²) in [5, 5.41) is 10.1. The summed E-state index contributed by atoms with van der Waals surface area (Å²) in [6, 6.07) is 25.7. The summed E-state index contributed by atoms with van der Waals surface area (Å²) in [6.45, 7) is 1.27. The van der Waals surface area contributed by atoms with Crippen molar-refractivity contribution in [3.8, 4) is 16.9 Å². The molecule has 5 aromatic rings. The van der Waals surface area contributed by atoms with Crippen molar-refractivity contribution in [1.82, 2.24) is 4.98 Å². The second-order valence-electron chi connectivity index (χ2n) is 8.95. The van der Waals surface area contributed by atoms with Crippen molar-refractivity contribution < 1.29 is 19.0 Å². The molecule has 6 nitrogen and oxygen atoms in total. The number of hydrogen-bond donors (Lipinski definition) is 2. The number of carboxylic acids is 1. The number of ether oxygens (including phenoxy) is 1. The van der Waals surface area contributed by atoms with Crippen LogP contribution in [-0.2, 0) is 13.0 Å². The highest BCUT2D eigenvalue weighted by Gasteiger charge is 2.16. The second-order valence-corrected chi connectivity index (χ2v) is 9.93. The fourth-order valence-electron chi connectivity index (χ4n) is 4.30. The van der Waals surface area contributed by atoms with E-state index in [0.29, 0.717) is 29.0 Å². The van der Waals surface area contributed by atoms with Crippen molar-refractivity contribution in [2.75, 3.05) is 24.3 Å². The van der Waals surface area contributed by atoms with E-state index < -0.39 is 5.97 Å². The predicted molar refractivity (Wildman–Crippen MR) is 151 cm³/mol. The summed E-state index contributed by atoms with van der Waals surface area (Å²) in [5.41, 5.74) is 10.9. The Balaban J connectivity index is 1.41. The average Bonchev–Trinajstić information content (AvgIpc) is 3.37. The Kier molecular flexibility index (Phi) is 7.24. The number of hydrogen-bond acceptors (Lipinski definition) is 6. The van der Waals surface area contributed by atoms with Gasteiger partial charge in [-0.15, -0.1) is 0 Å². The first kappa shape index (κ1) is 25.2. The minimum atomic E-state index is -1.02. The molecule has 1 heterocycles. The summed E-state index contributed by atoms with van der Waals surface area (Å²) >= 11 is 1.35. The van der Waals surface area contributed by atoms with E-state index in [-0.39, 0.29) is 11.4 Å². The molecule has 0 bridgehead atoms. The summed E-state index contributed by atoms with van der Waals surface area (Å²) in [5.74, 6) is -0.480. The molecule has 0 saturated carbocycles. The van der Waals surface area contributed by atoms with Gasteiger partial charge in [-0.25, -0.2) is 14.2 Å². The molecule has 0 saturated heterocycles. The predicted octanol–water partition coefficient (Wildman–Crippen LogP) is 6.64. The molecule has 0 atom stereocenters. The molecule has 0 aliphatic carbocycles. The quantitative estimate of drug-likeness (QED) is 0.209. The number of anilines is 2. The van der Waals surface area contributed by atoms with Crippen LogP contribution >= 0.6 is 11.3 Å². The van der Waals surface area contributed by atoms with Crippen LogP contribution in [0.5, 0.6) is 5.75 Å². The van der Waals surface area contributed by atoms with Gasteiger partial charge >= 0.3 is 5.97 Å². The fraction of sp³-hybridized carbons (Fsp3) is 0.133. The Morgan fingerprint density at radius 1 is 1.00 bits per heavy atom. The summed E-state index contributed by atoms with van der Waals surface area (Å²) in [7, 11) is 1.64. The van der Waals surface area contributed by atoms with Crippen LogP contribution in [0.4, 0.5) is 15.2 Å². The minimum absolute atomic E-state index is 0.150. The first-order valence-corrected chi connectivity index (χ1v) is 12.9. The van der Waals surface area contributed by atoms with Gasteiger partial charge in [-0.2, -0.15) is 0 Å². The van der Waals surface area contributed by atoms with Gasteiger partial charge in [0, 0.05) is 18.8 Å². The lowest BCUT2D eigenvalue weighted by molar-refractivity contribution is 0.0697. The molecular formula is C30H26FN3O3S. The van der Waals surface area contributed by atoms with Gasteiger partial charge in [0.25, 0.3) is 0 Å². The second kappa shape index (κ2) is 10.9. The number of halogens is 1. The van der Waals surface area contributed by atoms with Gasteiger partial charge in [-0.1, -0.05) is 53.8 Å². The van der Waals surface area contributed by atoms with E-state index in [0.717, 1.165) is 39.6 Å². The maximum atomic E-state index is 14.4. The first-order valence-electron chi connectivity index (χ1n) is 12.1. The number of thiazole rings is 1. The molecule has 0 fully saturated rings. The molecule has 192 valence electrons. The number of fused-ring (bicyclic) bond motifs is 1. The van der Waals surface area contributed by atoms with Crippen LogP contribution in [-0.4, -0.2) is 29.7 Å². The van der Waals surface area contributed by atoms with Gasteiger partial charge in [0.15, 0.2) is 5.13 Å². The highest BCUT2D eigenvalue weighted by molar-refractivity contribution is 7.22. The third-order valence-corrected chi connectivity index (χ3v) is 7.46. The number of carbonyl (C=O) groups is 1. The van der Waals surface area contributed by atoms with Crippen LogP contribution in [0.3, 0.4) is 0 Å². The van der Waals surface area contributed by atoms with Crippen molar-refractivity contribution in [3.05, 3.63) is 107 Å². The van der Waals surface area contributed by atoms with Crippen molar-refractivity contribution in [2.45, 2.75) is 13.0 Å². The molecule has 5 rings (SSSR count). The van der Waals surface area contributed by atoms with Crippen LogP contribution in [0, 0.1) is 5.82 Å². The highest BCUT2D eigenvalue weighted by Crippen LogP contribution is 2.32. The lowest BCUT2D eigenvalue weighted by Gasteiger charge is -2.22. The molecule has 3 N–H and O–H groups in total. The fourth-order valence-corrected chi connectivity index (χ4v) is 5.30. The Morgan fingerprint density at radius 3 is 2.42 bits per heavy atom. The molecule has 4 aromatic carbocycles. The Labute approximate surface area is 223 Å². The standard InChI is InChI=1S/C30H26FN3O3S/c1-37-25-11-7-19(8-12-25)13-14-34(30-33-27-4-2-3-26(31)28(27)38-30)18-20-5-9-21(10-6-20)22-15-23(29(35)36)17-24(32)16-22/h2-12,15-17H,13-14,18,32H2,1H3,(H,35,36). The SMILES string of the molecule is COc1ccc(CCN(Cc2ccc(-c3cc(N)cc(C(=O)O)c3)cc2)c2nc3cccc(F)c3s2)cc1. The zero-order chi connectivity index (χ0) is 26.6. The van der Waals surface area contributed by atoms with E-state index in [9.17, 15) is 14.3 Å².